The molecule has 0 atom stereocenters. The van der Waals surface area contributed by atoms with E-state index in [0.717, 1.165) is 27.9 Å². The number of hydrogen-bond acceptors (Lipinski definition) is 6. The Labute approximate surface area is 189 Å². The number of anilines is 1. The van der Waals surface area contributed by atoms with Crippen molar-refractivity contribution in [3.05, 3.63) is 78.8 Å². The molecule has 0 spiro atoms. The second kappa shape index (κ2) is 8.62. The highest BCUT2D eigenvalue weighted by molar-refractivity contribution is 6.06. The molecule has 33 heavy (non-hydrogen) atoms. The van der Waals surface area contributed by atoms with Crippen LogP contribution in [0.3, 0.4) is 0 Å². The number of aryl methyl sites for hydroxylation is 3. The highest BCUT2D eigenvalue weighted by Crippen LogP contribution is 2.25. The Morgan fingerprint density at radius 1 is 1.18 bits per heavy atom. The van der Waals surface area contributed by atoms with Crippen molar-refractivity contribution in [1.82, 2.24) is 24.3 Å². The molecule has 1 aromatic carbocycles. The van der Waals surface area contributed by atoms with Crippen molar-refractivity contribution in [2.75, 3.05) is 12.4 Å². The third-order valence-electron chi connectivity index (χ3n) is 5.37. The van der Waals surface area contributed by atoms with Crippen LogP contribution in [0.2, 0.25) is 0 Å². The van der Waals surface area contributed by atoms with Crippen molar-refractivity contribution in [2.24, 2.45) is 0 Å². The van der Waals surface area contributed by atoms with E-state index in [4.69, 9.17) is 9.15 Å². The number of carbonyl (C=O) groups excluding carboxylic acids is 1. The maximum absolute atomic E-state index is 12.8. The second-order valence-corrected chi connectivity index (χ2v) is 7.61. The van der Waals surface area contributed by atoms with Gasteiger partial charge in [-0.15, -0.1) is 0 Å². The lowest BCUT2D eigenvalue weighted by Crippen LogP contribution is -2.13. The van der Waals surface area contributed by atoms with Gasteiger partial charge in [0.25, 0.3) is 5.91 Å². The number of rotatable bonds is 7. The lowest BCUT2D eigenvalue weighted by atomic mass is 10.1. The number of oxazole rings is 1. The first kappa shape index (κ1) is 20.5. The smallest absolute Gasteiger partial charge is 0.278 e. The number of nitrogens with one attached hydrogen (secondary N) is 1. The van der Waals surface area contributed by atoms with Gasteiger partial charge in [-0.25, -0.2) is 9.97 Å². The Balaban J connectivity index is 1.27. The standard InChI is InChI=1S/C24H22N6O3/c1-16-4-3-5-17(12-16)22-21(26-15-33-22)24(31)28-18-13-27-30(14-18)11-10-29-9-7-19-20(32-2)6-8-25-23(19)29/h3-9,12-15H,10-11H2,1-2H3,(H,28,31). The van der Waals surface area contributed by atoms with Gasteiger partial charge in [-0.1, -0.05) is 23.8 Å². The van der Waals surface area contributed by atoms with Crippen LogP contribution in [-0.4, -0.2) is 37.3 Å². The minimum Gasteiger partial charge on any atom is -0.496 e. The average Bonchev–Trinajstić information content (AvgIpc) is 3.57. The van der Waals surface area contributed by atoms with Crippen LogP contribution in [0, 0.1) is 6.92 Å². The Kier molecular flexibility index (Phi) is 5.35. The van der Waals surface area contributed by atoms with E-state index < -0.39 is 0 Å². The molecule has 166 valence electrons. The van der Waals surface area contributed by atoms with Gasteiger partial charge >= 0.3 is 0 Å². The van der Waals surface area contributed by atoms with Crippen LogP contribution in [0.5, 0.6) is 5.75 Å². The van der Waals surface area contributed by atoms with Crippen LogP contribution in [-0.2, 0) is 13.1 Å². The summed E-state index contributed by atoms with van der Waals surface area (Å²) in [5.74, 6) is 0.874. The molecule has 5 rings (SSSR count). The van der Waals surface area contributed by atoms with Gasteiger partial charge < -0.3 is 19.0 Å². The number of methoxy groups -OCH3 is 1. The van der Waals surface area contributed by atoms with E-state index in [-0.39, 0.29) is 11.6 Å². The van der Waals surface area contributed by atoms with Gasteiger partial charge in [0.05, 0.1) is 30.9 Å². The molecule has 0 fully saturated rings. The summed E-state index contributed by atoms with van der Waals surface area (Å²) in [7, 11) is 1.65. The third-order valence-corrected chi connectivity index (χ3v) is 5.37. The molecule has 0 radical (unpaired) electrons. The molecule has 4 aromatic heterocycles. The number of benzene rings is 1. The monoisotopic (exact) mass is 442 g/mol. The van der Waals surface area contributed by atoms with Gasteiger partial charge in [-0.05, 0) is 25.1 Å². The fraction of sp³-hybridized carbons (Fsp3) is 0.167. The fourth-order valence-electron chi connectivity index (χ4n) is 3.77. The predicted octanol–water partition coefficient (Wildman–Crippen LogP) is 4.16. The van der Waals surface area contributed by atoms with Gasteiger partial charge in [0.2, 0.25) is 0 Å². The van der Waals surface area contributed by atoms with Crippen molar-refractivity contribution in [1.29, 1.82) is 0 Å². The first-order chi connectivity index (χ1) is 16.1. The zero-order valence-electron chi connectivity index (χ0n) is 18.2. The summed E-state index contributed by atoms with van der Waals surface area (Å²) < 4.78 is 14.7. The topological polar surface area (TPSA) is 100 Å². The van der Waals surface area contributed by atoms with Crippen molar-refractivity contribution in [2.45, 2.75) is 20.0 Å². The van der Waals surface area contributed by atoms with Crippen LogP contribution >= 0.6 is 0 Å². The minimum atomic E-state index is -0.354. The van der Waals surface area contributed by atoms with Crippen molar-refractivity contribution in [3.63, 3.8) is 0 Å². The summed E-state index contributed by atoms with van der Waals surface area (Å²) in [4.78, 5) is 21.4. The van der Waals surface area contributed by atoms with Crippen molar-refractivity contribution < 1.29 is 13.9 Å². The molecule has 1 amide bonds. The average molecular weight is 442 g/mol. The van der Waals surface area contributed by atoms with Gasteiger partial charge in [0.1, 0.15) is 11.4 Å². The zero-order chi connectivity index (χ0) is 22.8. The quantitative estimate of drug-likeness (QED) is 0.406. The van der Waals surface area contributed by atoms with Gasteiger partial charge in [0, 0.05) is 30.7 Å². The SMILES string of the molecule is COc1ccnc2c1ccn2CCn1cc(NC(=O)c2ncoc2-c2cccc(C)c2)cn1. The summed E-state index contributed by atoms with van der Waals surface area (Å²) in [5.41, 5.74) is 3.53. The van der Waals surface area contributed by atoms with Gasteiger partial charge in [-0.2, -0.15) is 5.10 Å². The third kappa shape index (κ3) is 4.08. The molecule has 1 N–H and O–H groups in total. The summed E-state index contributed by atoms with van der Waals surface area (Å²) in [6.07, 6.45) is 8.38. The highest BCUT2D eigenvalue weighted by Gasteiger charge is 2.19. The Morgan fingerprint density at radius 3 is 2.94 bits per heavy atom. The molecule has 9 heteroatoms. The number of pyridine rings is 1. The van der Waals surface area contributed by atoms with Crippen molar-refractivity contribution >= 4 is 22.6 Å². The van der Waals surface area contributed by atoms with E-state index in [1.54, 1.807) is 30.4 Å². The van der Waals surface area contributed by atoms with E-state index in [1.807, 2.05) is 54.1 Å². The number of aromatic nitrogens is 5. The first-order valence-electron chi connectivity index (χ1n) is 10.4. The lowest BCUT2D eigenvalue weighted by Gasteiger charge is -2.06. The molecule has 0 aliphatic rings. The molecule has 4 heterocycles. The van der Waals surface area contributed by atoms with Gasteiger partial charge in [0.15, 0.2) is 17.8 Å². The molecule has 0 aliphatic carbocycles. The summed E-state index contributed by atoms with van der Waals surface area (Å²) in [6.45, 7) is 3.26. The van der Waals surface area contributed by atoms with E-state index in [1.165, 1.54) is 6.39 Å². The van der Waals surface area contributed by atoms with E-state index >= 15 is 0 Å². The molecular weight excluding hydrogens is 420 g/mol. The van der Waals surface area contributed by atoms with E-state index in [9.17, 15) is 4.79 Å². The highest BCUT2D eigenvalue weighted by atomic mass is 16.5. The molecule has 0 unspecified atom stereocenters. The predicted molar refractivity (Wildman–Crippen MR) is 123 cm³/mol. The van der Waals surface area contributed by atoms with Crippen LogP contribution in [0.15, 0.2) is 72.0 Å². The van der Waals surface area contributed by atoms with E-state index in [2.05, 4.69) is 20.4 Å². The van der Waals surface area contributed by atoms with E-state index in [0.29, 0.717) is 24.5 Å². The molecule has 5 aromatic rings. The first-order valence-corrected chi connectivity index (χ1v) is 10.4. The summed E-state index contributed by atoms with van der Waals surface area (Å²) >= 11 is 0. The summed E-state index contributed by atoms with van der Waals surface area (Å²) in [6, 6.07) is 11.6. The zero-order valence-corrected chi connectivity index (χ0v) is 18.2. The number of amides is 1. The molecular formula is C24H22N6O3. The van der Waals surface area contributed by atoms with Crippen LogP contribution in [0.1, 0.15) is 16.1 Å². The van der Waals surface area contributed by atoms with Crippen LogP contribution in [0.4, 0.5) is 5.69 Å². The molecule has 0 saturated carbocycles. The molecule has 0 aliphatic heterocycles. The minimum absolute atomic E-state index is 0.229. The number of fused-ring (bicyclic) bond motifs is 1. The fourth-order valence-corrected chi connectivity index (χ4v) is 3.77. The lowest BCUT2D eigenvalue weighted by molar-refractivity contribution is 0.102. The number of carbonyl (C=O) groups is 1. The largest absolute Gasteiger partial charge is 0.496 e. The van der Waals surface area contributed by atoms with Crippen LogP contribution in [0.25, 0.3) is 22.4 Å². The van der Waals surface area contributed by atoms with Crippen LogP contribution < -0.4 is 10.1 Å². The maximum atomic E-state index is 12.8. The Hall–Kier alpha value is -4.40. The maximum Gasteiger partial charge on any atom is 0.278 e. The Morgan fingerprint density at radius 2 is 2.09 bits per heavy atom. The molecule has 0 bridgehead atoms. The second-order valence-electron chi connectivity index (χ2n) is 7.61. The number of ether oxygens (including phenoxy) is 1. The van der Waals surface area contributed by atoms with Crippen molar-refractivity contribution in [3.8, 4) is 17.1 Å². The number of hydrogen-bond donors (Lipinski definition) is 1. The normalized spacial score (nSPS) is 11.1. The Bertz CT molecular complexity index is 1430. The molecule has 0 saturated heterocycles. The summed E-state index contributed by atoms with van der Waals surface area (Å²) in [5, 5.41) is 8.17. The van der Waals surface area contributed by atoms with Gasteiger partial charge in [-0.3, -0.25) is 9.48 Å². The number of nitrogens with zero attached hydrogens (tertiary/aromatic N) is 5. The molecule has 9 nitrogen and oxygen atoms in total.